The van der Waals surface area contributed by atoms with Gasteiger partial charge in [0.15, 0.2) is 0 Å². The van der Waals surface area contributed by atoms with Crippen molar-refractivity contribution in [3.8, 4) is 0 Å². The maximum atomic E-state index is 13.0. The van der Waals surface area contributed by atoms with E-state index in [0.717, 1.165) is 16.7 Å². The predicted octanol–water partition coefficient (Wildman–Crippen LogP) is 4.14. The van der Waals surface area contributed by atoms with Crippen molar-refractivity contribution in [3.63, 3.8) is 0 Å². The second-order valence-electron chi connectivity index (χ2n) is 5.61. The van der Waals surface area contributed by atoms with Gasteiger partial charge in [-0.1, -0.05) is 18.2 Å². The molecule has 1 saturated heterocycles. The van der Waals surface area contributed by atoms with E-state index in [0.29, 0.717) is 10.3 Å². The fourth-order valence-electron chi connectivity index (χ4n) is 2.35. The van der Waals surface area contributed by atoms with Crippen LogP contribution in [0.2, 0.25) is 0 Å². The quantitative estimate of drug-likeness (QED) is 0.438. The molecule has 0 bridgehead atoms. The van der Waals surface area contributed by atoms with Crippen LogP contribution in [0, 0.1) is 0 Å². The molecule has 0 atom stereocenters. The molecule has 0 radical (unpaired) electrons. The van der Waals surface area contributed by atoms with Crippen molar-refractivity contribution < 1.29 is 32.2 Å². The molecule has 1 aromatic heterocycles. The Morgan fingerprint density at radius 2 is 1.75 bits per heavy atom. The van der Waals surface area contributed by atoms with Crippen molar-refractivity contribution in [2.75, 3.05) is 0 Å². The number of ether oxygens (including phenoxy) is 2. The van der Waals surface area contributed by atoms with Crippen LogP contribution >= 0.6 is 11.3 Å². The van der Waals surface area contributed by atoms with Crippen LogP contribution in [-0.2, 0) is 25.2 Å². The number of alkyl halides is 3. The lowest BCUT2D eigenvalue weighted by Gasteiger charge is -2.29. The maximum Gasteiger partial charge on any atom is 0.417 e. The zero-order chi connectivity index (χ0) is 17.7. The molecule has 2 heterocycles. The SMILES string of the molecule is CC1(C)OC(=O)C(=Cc2cccc3c(C(F)(F)F)csc23)C(=O)O1. The molecule has 4 nitrogen and oxygen atoms in total. The summed E-state index contributed by atoms with van der Waals surface area (Å²) in [6, 6.07) is 4.30. The van der Waals surface area contributed by atoms with E-state index in [1.54, 1.807) is 0 Å². The van der Waals surface area contributed by atoms with Gasteiger partial charge in [0.1, 0.15) is 5.57 Å². The van der Waals surface area contributed by atoms with Gasteiger partial charge in [0.2, 0.25) is 0 Å². The van der Waals surface area contributed by atoms with Gasteiger partial charge >= 0.3 is 18.1 Å². The first kappa shape index (κ1) is 16.5. The zero-order valence-electron chi connectivity index (χ0n) is 12.6. The van der Waals surface area contributed by atoms with Crippen molar-refractivity contribution in [2.24, 2.45) is 0 Å². The number of hydrogen-bond donors (Lipinski definition) is 0. The van der Waals surface area contributed by atoms with Gasteiger partial charge in [0.05, 0.1) is 5.56 Å². The highest BCUT2D eigenvalue weighted by atomic mass is 32.1. The average molecular weight is 356 g/mol. The average Bonchev–Trinajstić information content (AvgIpc) is 2.86. The molecule has 0 spiro atoms. The van der Waals surface area contributed by atoms with Crippen molar-refractivity contribution in [2.45, 2.75) is 25.8 Å². The van der Waals surface area contributed by atoms with Gasteiger partial charge in [0, 0.05) is 29.3 Å². The lowest BCUT2D eigenvalue weighted by Crippen LogP contribution is -2.41. The lowest BCUT2D eigenvalue weighted by atomic mass is 10.1. The van der Waals surface area contributed by atoms with E-state index >= 15 is 0 Å². The minimum absolute atomic E-state index is 0.0136. The molecule has 3 rings (SSSR count). The van der Waals surface area contributed by atoms with Crippen LogP contribution in [0.5, 0.6) is 0 Å². The van der Waals surface area contributed by atoms with Crippen LogP contribution in [-0.4, -0.2) is 17.7 Å². The molecule has 8 heteroatoms. The molecule has 0 N–H and O–H groups in total. The number of thiophene rings is 1. The number of esters is 2. The van der Waals surface area contributed by atoms with E-state index < -0.39 is 29.5 Å². The summed E-state index contributed by atoms with van der Waals surface area (Å²) in [6.45, 7) is 2.82. The number of benzene rings is 1. The van der Waals surface area contributed by atoms with Crippen molar-refractivity contribution in [1.29, 1.82) is 0 Å². The van der Waals surface area contributed by atoms with Crippen LogP contribution in [0.25, 0.3) is 16.2 Å². The number of cyclic esters (lactones) is 2. The second kappa shape index (κ2) is 5.34. The van der Waals surface area contributed by atoms with Gasteiger partial charge in [0.25, 0.3) is 5.79 Å². The number of carbonyl (C=O) groups excluding carboxylic acids is 2. The van der Waals surface area contributed by atoms with E-state index in [4.69, 9.17) is 9.47 Å². The van der Waals surface area contributed by atoms with Crippen LogP contribution < -0.4 is 0 Å². The van der Waals surface area contributed by atoms with Crippen molar-refractivity contribution >= 4 is 39.4 Å². The monoisotopic (exact) mass is 356 g/mol. The third-order valence-corrected chi connectivity index (χ3v) is 4.40. The first-order valence-corrected chi connectivity index (χ1v) is 7.72. The number of hydrogen-bond acceptors (Lipinski definition) is 5. The highest BCUT2D eigenvalue weighted by molar-refractivity contribution is 7.17. The highest BCUT2D eigenvalue weighted by Gasteiger charge is 2.39. The van der Waals surface area contributed by atoms with E-state index in [2.05, 4.69) is 0 Å². The Kier molecular flexibility index (Phi) is 3.67. The largest absolute Gasteiger partial charge is 0.419 e. The smallest absolute Gasteiger partial charge is 0.417 e. The van der Waals surface area contributed by atoms with Gasteiger partial charge < -0.3 is 9.47 Å². The second-order valence-corrected chi connectivity index (χ2v) is 6.49. The van der Waals surface area contributed by atoms with E-state index in [-0.39, 0.29) is 11.0 Å². The molecule has 126 valence electrons. The molecule has 1 aromatic carbocycles. The molecule has 0 aliphatic carbocycles. The van der Waals surface area contributed by atoms with Crippen LogP contribution in [0.3, 0.4) is 0 Å². The number of fused-ring (bicyclic) bond motifs is 1. The lowest BCUT2D eigenvalue weighted by molar-refractivity contribution is -0.222. The number of halogens is 3. The minimum Gasteiger partial charge on any atom is -0.419 e. The van der Waals surface area contributed by atoms with Gasteiger partial charge in [-0.05, 0) is 11.6 Å². The fourth-order valence-corrected chi connectivity index (χ4v) is 3.41. The van der Waals surface area contributed by atoms with Gasteiger partial charge in [-0.25, -0.2) is 9.59 Å². The molecule has 24 heavy (non-hydrogen) atoms. The summed E-state index contributed by atoms with van der Waals surface area (Å²) in [5.41, 5.74) is -0.793. The third-order valence-electron chi connectivity index (χ3n) is 3.35. The summed E-state index contributed by atoms with van der Waals surface area (Å²) in [6.07, 6.45) is -3.28. The molecule has 1 fully saturated rings. The molecular formula is C16H11F3O4S. The number of rotatable bonds is 1. The van der Waals surface area contributed by atoms with Crippen LogP contribution in [0.15, 0.2) is 29.2 Å². The summed E-state index contributed by atoms with van der Waals surface area (Å²) in [4.78, 5) is 23.9. The summed E-state index contributed by atoms with van der Waals surface area (Å²) in [5.74, 6) is -3.12. The standard InChI is InChI=1S/C16H11F3O4S/c1-15(2)22-13(20)10(14(21)23-15)6-8-4-3-5-9-11(16(17,18)19)7-24-12(8)9/h3-7H,1-2H3. The molecule has 1 aliphatic heterocycles. The molecular weight excluding hydrogens is 345 g/mol. The van der Waals surface area contributed by atoms with Gasteiger partial charge in [-0.3, -0.25) is 0 Å². The third kappa shape index (κ3) is 2.89. The Morgan fingerprint density at radius 3 is 2.33 bits per heavy atom. The van der Waals surface area contributed by atoms with Crippen LogP contribution in [0.4, 0.5) is 13.2 Å². The van der Waals surface area contributed by atoms with Crippen molar-refractivity contribution in [3.05, 3.63) is 40.3 Å². The molecule has 0 saturated carbocycles. The molecule has 0 amide bonds. The van der Waals surface area contributed by atoms with Gasteiger partial charge in [-0.15, -0.1) is 11.3 Å². The summed E-state index contributed by atoms with van der Waals surface area (Å²) < 4.78 is 49.3. The number of carbonyl (C=O) groups is 2. The first-order chi connectivity index (χ1) is 11.1. The topological polar surface area (TPSA) is 52.6 Å². The van der Waals surface area contributed by atoms with Gasteiger partial charge in [-0.2, -0.15) is 13.2 Å². The Morgan fingerprint density at radius 1 is 1.12 bits per heavy atom. The molecule has 0 unspecified atom stereocenters. The molecule has 1 aliphatic rings. The summed E-state index contributed by atoms with van der Waals surface area (Å²) in [5, 5.41) is 1.02. The Hall–Kier alpha value is -2.35. The molecule has 2 aromatic rings. The Labute approximate surface area is 138 Å². The highest BCUT2D eigenvalue weighted by Crippen LogP contribution is 2.40. The Bertz CT molecular complexity index is 855. The maximum absolute atomic E-state index is 13.0. The predicted molar refractivity (Wildman–Crippen MR) is 81.1 cm³/mol. The fraction of sp³-hybridized carbons (Fsp3) is 0.250. The van der Waals surface area contributed by atoms with E-state index in [1.165, 1.54) is 38.1 Å². The zero-order valence-corrected chi connectivity index (χ0v) is 13.4. The van der Waals surface area contributed by atoms with E-state index in [1.807, 2.05) is 0 Å². The summed E-state index contributed by atoms with van der Waals surface area (Å²) >= 11 is 0.889. The van der Waals surface area contributed by atoms with Crippen molar-refractivity contribution in [1.82, 2.24) is 0 Å². The van der Waals surface area contributed by atoms with E-state index in [9.17, 15) is 22.8 Å². The Balaban J connectivity index is 2.10. The van der Waals surface area contributed by atoms with Crippen LogP contribution in [0.1, 0.15) is 25.0 Å². The minimum atomic E-state index is -4.48. The first-order valence-electron chi connectivity index (χ1n) is 6.84. The normalized spacial score (nSPS) is 17.6. The summed E-state index contributed by atoms with van der Waals surface area (Å²) in [7, 11) is 0.